The monoisotopic (exact) mass is 1910 g/mol. The predicted octanol–water partition coefficient (Wildman–Crippen LogP) is 6.51. The zero-order chi connectivity index (χ0) is 101. The van der Waals surface area contributed by atoms with E-state index in [1.807, 2.05) is 113 Å². The number of nitrogens with two attached hydrogens (primary N) is 3. The highest BCUT2D eigenvalue weighted by Gasteiger charge is 2.73. The van der Waals surface area contributed by atoms with E-state index in [0.717, 1.165) is 82.6 Å². The number of primary amides is 3. The fraction of sp³-hybridized carbons (Fsp3) is 0.753. The van der Waals surface area contributed by atoms with Gasteiger partial charge in [0.25, 0.3) is 17.7 Å². The Morgan fingerprint density at radius 3 is 1.02 bits per heavy atom. The van der Waals surface area contributed by atoms with E-state index < -0.39 is 225 Å². The molecule has 3 saturated heterocycles. The number of nitrogens with one attached hydrogen (secondary N) is 9. The Balaban J connectivity index is 0.000000211. The Bertz CT molecular complexity index is 4710. The van der Waals surface area contributed by atoms with Crippen LogP contribution in [0.3, 0.4) is 0 Å². The van der Waals surface area contributed by atoms with E-state index in [1.165, 1.54) is 14.7 Å². The number of halogens is 3. The minimum Gasteiger partial charge on any atom is -0.464 e. The summed E-state index contributed by atoms with van der Waals surface area (Å²) in [6, 6.07) is -5.65. The Hall–Kier alpha value is -10.5. The third-order valence-electron chi connectivity index (χ3n) is 29.8. The number of alkyl halides is 3. The van der Waals surface area contributed by atoms with Crippen molar-refractivity contribution in [2.75, 3.05) is 26.2 Å². The summed E-state index contributed by atoms with van der Waals surface area (Å²) in [4.78, 5) is 240. The quantitative estimate of drug-likeness (QED) is 0.0192. The lowest BCUT2D eigenvalue weighted by Gasteiger charge is -2.38. The van der Waals surface area contributed by atoms with Crippen molar-refractivity contribution in [3.05, 3.63) is 35.9 Å². The second-order valence-electron chi connectivity index (χ2n) is 46.1. The number of carbonyl (C=O) groups excluding carboxylic acids is 18. The van der Waals surface area contributed by atoms with Crippen LogP contribution >= 0.6 is 0 Å². The average Bonchev–Trinajstić information content (AvgIpc) is 1.53. The first kappa shape index (κ1) is 108. The molecule has 11 aliphatic rings. The molecule has 0 radical (unpaired) electrons. The van der Waals surface area contributed by atoms with Crippen LogP contribution in [-0.2, 0) is 92.7 Å². The lowest BCUT2D eigenvalue weighted by molar-refractivity contribution is -0.152. The largest absolute Gasteiger partial charge is 0.464 e. The molecule has 3 aliphatic heterocycles. The number of likely N-dealkylation sites (tertiary alicyclic amines) is 3. The molecule has 8 saturated carbocycles. The summed E-state index contributed by atoms with van der Waals surface area (Å²) in [6.07, 6.45) is 3.98. The highest BCUT2D eigenvalue weighted by molar-refractivity contribution is 6.39. The average molecular weight is 1920 g/mol. The maximum absolute atomic E-state index is 14.3. The molecule has 0 aromatic heterocycles. The molecule has 3 heterocycles. The molecule has 1 aromatic carbocycles. The van der Waals surface area contributed by atoms with Gasteiger partial charge in [-0.15, -0.1) is 0 Å². The van der Waals surface area contributed by atoms with Crippen LogP contribution < -0.4 is 65.1 Å². The summed E-state index contributed by atoms with van der Waals surface area (Å²) >= 11 is 0. The molecule has 15 amide bonds. The Labute approximate surface area is 794 Å². The van der Waals surface area contributed by atoms with Crippen molar-refractivity contribution in [3.63, 3.8) is 0 Å². The molecule has 39 heteroatoms. The van der Waals surface area contributed by atoms with Gasteiger partial charge in [0.1, 0.15) is 61.0 Å². The number of ether oxygens (including phenoxy) is 3. The first-order valence-electron chi connectivity index (χ1n) is 48.1. The van der Waals surface area contributed by atoms with Crippen LogP contribution in [-0.4, -0.2) is 232 Å². The molecular formula is C97H146F3N15O21. The van der Waals surface area contributed by atoms with Crippen LogP contribution in [0.5, 0.6) is 0 Å². The van der Waals surface area contributed by atoms with E-state index >= 15 is 0 Å². The summed E-state index contributed by atoms with van der Waals surface area (Å²) in [7, 11) is 0. The molecule has 0 bridgehead atoms. The molecule has 1 aromatic rings. The van der Waals surface area contributed by atoms with Gasteiger partial charge in [0.2, 0.25) is 52.8 Å². The number of hydrogen-bond acceptors (Lipinski definition) is 21. The highest BCUT2D eigenvalue weighted by Crippen LogP contribution is 2.67. The molecular weight excluding hydrogens is 1770 g/mol. The fourth-order valence-electron chi connectivity index (χ4n) is 20.1. The minimum atomic E-state index is -4.66. The number of ketones is 3. The number of nitrogens with zero attached hydrogens (tertiary/aromatic N) is 3. The Kier molecular flexibility index (Phi) is 32.9. The van der Waals surface area contributed by atoms with Gasteiger partial charge in [0.15, 0.2) is 0 Å². The number of Topliss-reactive ketones (excluding diaryl/α,β-unsaturated/α-hetero) is 3. The van der Waals surface area contributed by atoms with Gasteiger partial charge in [-0.2, -0.15) is 13.2 Å². The standard InChI is InChI=1S/C35H49N5O7.C31H48F3N5O7.C31H49N5O7/c1-34(2,3)28(39-33(46)38-25(21-12-9-13-21)32(45)47-18-20-10-7-6-8-11-20)31(44)40-17-22-24(35(22,4)5)26(40)30(43)37-23(16-19-14-15-19)27(41)29(36)42;1-28(2,3)21(37-27(45)38-22(29(4,5)6)26(44)46-14-15-9-10-15)25(43)39-13-16-18(30(16,7)8)19(39)24(42)36-17(20(40)23(35)41)11-12-31(32,33)34;1-15(2)43-28(41)21(17-9-8-10-17)34-29(42)35-24(30(3,4)5)27(40)36-14-18-20(31(18,6)7)22(36)26(39)33-19(13-16-11-12-16)23(37)25(32)38/h6-8,10-11,19,21-26,28H,9,12-18H2,1-5H3,(H2,36,42)(H,37,43)(H2,38,39,46);15-19,21-22H,9-14H2,1-8H3,(H2,35,41)(H,36,42)(H2,37,38,45);15-22,24H,8-14H2,1-7H3,(H2,32,38)(H,33,39)(H2,34,35,42)/t22-,23?,24-,25-,26-,28+;16-,17?,18-,19-,21+,22+;18-,19?,20-,21-,22-,24+/m000/s1. The van der Waals surface area contributed by atoms with Crippen molar-refractivity contribution in [1.82, 2.24) is 62.6 Å². The zero-order valence-corrected chi connectivity index (χ0v) is 82.4. The molecule has 15 N–H and O–H groups in total. The summed E-state index contributed by atoms with van der Waals surface area (Å²) < 4.78 is 55.3. The number of benzene rings is 1. The summed E-state index contributed by atoms with van der Waals surface area (Å²) in [6.45, 7) is 37.9. The number of esters is 3. The van der Waals surface area contributed by atoms with Gasteiger partial charge in [-0.25, -0.2) is 28.8 Å². The molecule has 12 rings (SSSR count). The Morgan fingerprint density at radius 1 is 0.404 bits per heavy atom. The smallest absolute Gasteiger partial charge is 0.389 e. The van der Waals surface area contributed by atoms with E-state index in [9.17, 15) is 99.5 Å². The van der Waals surface area contributed by atoms with E-state index in [1.54, 1.807) is 55.4 Å². The van der Waals surface area contributed by atoms with Crippen LogP contribution in [0.1, 0.15) is 247 Å². The number of hydrogen-bond donors (Lipinski definition) is 12. The van der Waals surface area contributed by atoms with Gasteiger partial charge in [-0.3, -0.25) is 57.5 Å². The minimum absolute atomic E-state index is 0.0338. The molecule has 8 aliphatic carbocycles. The molecule has 18 atom stereocenters. The van der Waals surface area contributed by atoms with Gasteiger partial charge in [0.05, 0.1) is 30.8 Å². The van der Waals surface area contributed by atoms with Crippen LogP contribution in [0.2, 0.25) is 0 Å². The zero-order valence-electron chi connectivity index (χ0n) is 82.4. The second-order valence-corrected chi connectivity index (χ2v) is 46.1. The third-order valence-corrected chi connectivity index (χ3v) is 29.8. The molecule has 36 nitrogen and oxygen atoms in total. The maximum Gasteiger partial charge on any atom is 0.389 e. The molecule has 136 heavy (non-hydrogen) atoms. The number of fused-ring (bicyclic) bond motifs is 3. The van der Waals surface area contributed by atoms with Gasteiger partial charge in [-0.05, 0) is 180 Å². The van der Waals surface area contributed by atoms with Gasteiger partial charge < -0.3 is 94.0 Å². The van der Waals surface area contributed by atoms with Crippen molar-refractivity contribution in [1.29, 1.82) is 0 Å². The molecule has 0 spiro atoms. The summed E-state index contributed by atoms with van der Waals surface area (Å²) in [5.41, 5.74) is 12.6. The maximum atomic E-state index is 14.3. The second kappa shape index (κ2) is 41.6. The Morgan fingerprint density at radius 2 is 0.721 bits per heavy atom. The number of amides is 15. The van der Waals surface area contributed by atoms with Gasteiger partial charge >= 0.3 is 42.2 Å². The van der Waals surface area contributed by atoms with Crippen molar-refractivity contribution < 1.29 is 114 Å². The van der Waals surface area contributed by atoms with E-state index in [-0.39, 0.29) is 95.9 Å². The van der Waals surface area contributed by atoms with Gasteiger partial charge in [0, 0.05) is 26.1 Å². The van der Waals surface area contributed by atoms with Crippen molar-refractivity contribution >= 4 is 107 Å². The number of urea groups is 3. The first-order valence-corrected chi connectivity index (χ1v) is 48.1. The molecule has 3 unspecified atom stereocenters. The van der Waals surface area contributed by atoms with Crippen molar-refractivity contribution in [3.8, 4) is 0 Å². The van der Waals surface area contributed by atoms with Crippen LogP contribution in [0.25, 0.3) is 0 Å². The summed E-state index contributed by atoms with van der Waals surface area (Å²) in [5.74, 6) is -11.7. The van der Waals surface area contributed by atoms with Gasteiger partial charge in [-0.1, -0.05) is 193 Å². The van der Waals surface area contributed by atoms with Crippen molar-refractivity contribution in [2.24, 2.45) is 120 Å². The SMILES string of the molecule is CC(C)(C)[C@H](NC(=O)N[C@H](C(=O)N1C[C@H]2[C@@H]([C@H]1C(=O)NC(CCC(F)(F)F)C(=O)C(N)=O)C2(C)C)C(C)(C)C)C(=O)OCC1CC1.CC(C)(C)[C@H](NC(=O)N[C@H](C(=O)OCc1ccccc1)C1CCC1)C(=O)N1C[C@H]2[C@@H]([C@H]1C(=O)NC(CC1CC1)C(=O)C(N)=O)C2(C)C.CC(C)OC(=O)[C@@H](NC(=O)N[C@H](C(=O)N1C[C@H]2[C@@H]([C@H]1C(=O)NC(CC1CC1)C(=O)C(N)=O)C2(C)C)C(C)(C)C)C1CCC1. The lowest BCUT2D eigenvalue weighted by atomic mass is 9.79. The normalized spacial score (nSPS) is 25.1. The topological polar surface area (TPSA) is 531 Å². The van der Waals surface area contributed by atoms with Crippen LogP contribution in [0, 0.1) is 103 Å². The first-order chi connectivity index (χ1) is 62.9. The van der Waals surface area contributed by atoms with Crippen molar-refractivity contribution in [2.45, 2.75) is 333 Å². The number of rotatable bonds is 37. The lowest BCUT2D eigenvalue weighted by Crippen LogP contribution is -2.62. The summed E-state index contributed by atoms with van der Waals surface area (Å²) in [5, 5.41) is 24.2. The molecule has 756 valence electrons. The van der Waals surface area contributed by atoms with Crippen LogP contribution in [0.4, 0.5) is 27.6 Å². The van der Waals surface area contributed by atoms with E-state index in [4.69, 9.17) is 31.4 Å². The van der Waals surface area contributed by atoms with E-state index in [0.29, 0.717) is 31.8 Å². The third kappa shape index (κ3) is 26.5. The predicted molar refractivity (Wildman–Crippen MR) is 489 cm³/mol. The number of carbonyl (C=O) groups is 18. The highest BCUT2D eigenvalue weighted by atomic mass is 19.4. The fourth-order valence-corrected chi connectivity index (χ4v) is 20.1. The van der Waals surface area contributed by atoms with E-state index in [2.05, 4.69) is 47.9 Å². The molecule has 11 fully saturated rings. The number of piperidine rings is 3. The van der Waals surface area contributed by atoms with Crippen LogP contribution in [0.15, 0.2) is 30.3 Å².